The second-order valence-electron chi connectivity index (χ2n) is 7.28. The number of fused-ring (bicyclic) bond motifs is 2. The summed E-state index contributed by atoms with van der Waals surface area (Å²) in [6, 6.07) is 7.92. The zero-order valence-electron chi connectivity index (χ0n) is 15.9. The molecule has 1 amide bonds. The number of nitrogens with zero attached hydrogens (tertiary/aromatic N) is 4. The molecule has 29 heavy (non-hydrogen) atoms. The van der Waals surface area contributed by atoms with Crippen LogP contribution in [0.2, 0.25) is 0 Å². The van der Waals surface area contributed by atoms with Gasteiger partial charge in [0.05, 0.1) is 23.6 Å². The van der Waals surface area contributed by atoms with Gasteiger partial charge >= 0.3 is 0 Å². The Bertz CT molecular complexity index is 1150. The monoisotopic (exact) mass is 390 g/mol. The van der Waals surface area contributed by atoms with Crippen LogP contribution in [0.1, 0.15) is 12.8 Å². The Kier molecular flexibility index (Phi) is 4.47. The summed E-state index contributed by atoms with van der Waals surface area (Å²) in [5, 5.41) is 15.3. The minimum absolute atomic E-state index is 0.0215. The summed E-state index contributed by atoms with van der Waals surface area (Å²) in [4.78, 5) is 26.6. The molecule has 0 saturated carbocycles. The van der Waals surface area contributed by atoms with Gasteiger partial charge in [0.1, 0.15) is 17.8 Å². The van der Waals surface area contributed by atoms with Gasteiger partial charge in [-0.3, -0.25) is 9.89 Å². The van der Waals surface area contributed by atoms with E-state index in [1.54, 1.807) is 12.5 Å². The van der Waals surface area contributed by atoms with E-state index in [0.717, 1.165) is 59.4 Å². The molecule has 148 valence electrons. The molecular formula is C20H22N8O. The van der Waals surface area contributed by atoms with E-state index in [1.165, 1.54) is 0 Å². The third-order valence-corrected chi connectivity index (χ3v) is 5.34. The molecule has 0 spiro atoms. The number of aromatic nitrogens is 5. The van der Waals surface area contributed by atoms with Crippen LogP contribution in [0.5, 0.6) is 0 Å². The molecule has 4 aromatic rings. The van der Waals surface area contributed by atoms with Gasteiger partial charge in [-0.25, -0.2) is 9.97 Å². The molecule has 0 radical (unpaired) electrons. The lowest BCUT2D eigenvalue weighted by Gasteiger charge is -2.34. The van der Waals surface area contributed by atoms with Crippen LogP contribution in [-0.4, -0.2) is 56.7 Å². The SMILES string of the molecule is O=C(CNc1cccc2[nH]ncc12)N[C@@H]1CCCN(c2ncnc3[nH]ccc23)C1. The number of nitrogens with one attached hydrogen (secondary N) is 4. The topological polar surface area (TPSA) is 115 Å². The maximum Gasteiger partial charge on any atom is 0.239 e. The largest absolute Gasteiger partial charge is 0.376 e. The van der Waals surface area contributed by atoms with Crippen molar-refractivity contribution in [3.8, 4) is 0 Å². The average Bonchev–Trinajstić information content (AvgIpc) is 3.41. The van der Waals surface area contributed by atoms with Crippen LogP contribution >= 0.6 is 0 Å². The van der Waals surface area contributed by atoms with Crippen LogP contribution in [0.3, 0.4) is 0 Å². The average molecular weight is 390 g/mol. The summed E-state index contributed by atoms with van der Waals surface area (Å²) in [6.45, 7) is 1.88. The lowest BCUT2D eigenvalue weighted by Crippen LogP contribution is -2.49. The molecule has 9 nitrogen and oxygen atoms in total. The van der Waals surface area contributed by atoms with Gasteiger partial charge in [0.25, 0.3) is 0 Å². The maximum absolute atomic E-state index is 12.5. The minimum Gasteiger partial charge on any atom is -0.376 e. The Morgan fingerprint density at radius 1 is 1.24 bits per heavy atom. The van der Waals surface area contributed by atoms with E-state index >= 15 is 0 Å². The standard InChI is InChI=1S/C20H22N8O/c29-18(10-22-16-4-1-5-17-15(16)9-25-27-17)26-13-3-2-8-28(11-13)20-14-6-7-21-19(14)23-12-24-20/h1,4-7,9,12-13,22H,2-3,8,10-11H2,(H,25,27)(H,26,29)(H,21,23,24)/t13-/m1/s1. The second-order valence-corrected chi connectivity index (χ2v) is 7.28. The number of rotatable bonds is 5. The summed E-state index contributed by atoms with van der Waals surface area (Å²) < 4.78 is 0. The number of hydrogen-bond acceptors (Lipinski definition) is 6. The van der Waals surface area contributed by atoms with Crippen molar-refractivity contribution in [1.82, 2.24) is 30.5 Å². The van der Waals surface area contributed by atoms with Gasteiger partial charge in [-0.15, -0.1) is 0 Å². The Morgan fingerprint density at radius 3 is 3.17 bits per heavy atom. The summed E-state index contributed by atoms with van der Waals surface area (Å²) >= 11 is 0. The molecule has 1 aromatic carbocycles. The molecule has 1 atom stereocenters. The summed E-state index contributed by atoms with van der Waals surface area (Å²) in [6.07, 6.45) is 7.18. The van der Waals surface area contributed by atoms with E-state index in [2.05, 4.69) is 40.7 Å². The van der Waals surface area contributed by atoms with E-state index in [0.29, 0.717) is 0 Å². The normalized spacial score (nSPS) is 17.0. The van der Waals surface area contributed by atoms with E-state index in [4.69, 9.17) is 0 Å². The number of carbonyl (C=O) groups is 1. The molecular weight excluding hydrogens is 368 g/mol. The third-order valence-electron chi connectivity index (χ3n) is 5.34. The van der Waals surface area contributed by atoms with Crippen molar-refractivity contribution in [2.75, 3.05) is 29.9 Å². The molecule has 1 aliphatic rings. The van der Waals surface area contributed by atoms with Crippen LogP contribution in [0.25, 0.3) is 21.9 Å². The third kappa shape index (κ3) is 3.46. The number of aromatic amines is 2. The van der Waals surface area contributed by atoms with Crippen LogP contribution < -0.4 is 15.5 Å². The van der Waals surface area contributed by atoms with Crippen LogP contribution in [0.15, 0.2) is 43.0 Å². The van der Waals surface area contributed by atoms with Crippen molar-refractivity contribution >= 4 is 39.3 Å². The molecule has 1 saturated heterocycles. The first-order valence-corrected chi connectivity index (χ1v) is 9.76. The van der Waals surface area contributed by atoms with Crippen LogP contribution in [0, 0.1) is 0 Å². The predicted octanol–water partition coefficient (Wildman–Crippen LogP) is 2.03. The van der Waals surface area contributed by atoms with Crippen LogP contribution in [0.4, 0.5) is 11.5 Å². The fraction of sp³-hybridized carbons (Fsp3) is 0.300. The van der Waals surface area contributed by atoms with Crippen molar-refractivity contribution in [2.45, 2.75) is 18.9 Å². The molecule has 3 aromatic heterocycles. The number of amides is 1. The molecule has 1 aliphatic heterocycles. The lowest BCUT2D eigenvalue weighted by molar-refractivity contribution is -0.120. The smallest absolute Gasteiger partial charge is 0.239 e. The van der Waals surface area contributed by atoms with Crippen molar-refractivity contribution in [3.05, 3.63) is 43.0 Å². The maximum atomic E-state index is 12.5. The first-order chi connectivity index (χ1) is 14.3. The van der Waals surface area contributed by atoms with E-state index in [1.807, 2.05) is 30.5 Å². The van der Waals surface area contributed by atoms with Gasteiger partial charge in [0.2, 0.25) is 5.91 Å². The number of hydrogen-bond donors (Lipinski definition) is 4. The van der Waals surface area contributed by atoms with Crippen molar-refractivity contribution < 1.29 is 4.79 Å². The molecule has 4 heterocycles. The fourth-order valence-electron chi connectivity index (χ4n) is 3.97. The van der Waals surface area contributed by atoms with Gasteiger partial charge in [-0.05, 0) is 31.0 Å². The number of carbonyl (C=O) groups excluding carboxylic acids is 1. The van der Waals surface area contributed by atoms with Crippen LogP contribution in [-0.2, 0) is 4.79 Å². The van der Waals surface area contributed by atoms with Crippen molar-refractivity contribution in [2.24, 2.45) is 0 Å². The van der Waals surface area contributed by atoms with Gasteiger partial charge in [-0.2, -0.15) is 5.10 Å². The Hall–Kier alpha value is -3.62. The van der Waals surface area contributed by atoms with Gasteiger partial charge < -0.3 is 20.5 Å². The zero-order valence-corrected chi connectivity index (χ0v) is 15.9. The van der Waals surface area contributed by atoms with Crippen molar-refractivity contribution in [3.63, 3.8) is 0 Å². The minimum atomic E-state index is -0.0215. The van der Waals surface area contributed by atoms with Gasteiger partial charge in [0.15, 0.2) is 0 Å². The highest BCUT2D eigenvalue weighted by atomic mass is 16.2. The number of H-pyrrole nitrogens is 2. The molecule has 0 bridgehead atoms. The fourth-order valence-corrected chi connectivity index (χ4v) is 3.97. The Labute approximate surface area is 166 Å². The molecule has 5 rings (SSSR count). The summed E-state index contributed by atoms with van der Waals surface area (Å²) in [5.41, 5.74) is 2.67. The predicted molar refractivity (Wildman–Crippen MR) is 112 cm³/mol. The second kappa shape index (κ2) is 7.42. The number of benzene rings is 1. The first kappa shape index (κ1) is 17.5. The number of anilines is 2. The highest BCUT2D eigenvalue weighted by molar-refractivity contribution is 5.92. The molecule has 0 aliphatic carbocycles. The van der Waals surface area contributed by atoms with Gasteiger partial charge in [0, 0.05) is 36.4 Å². The number of piperidine rings is 1. The molecule has 9 heteroatoms. The van der Waals surface area contributed by atoms with Gasteiger partial charge in [-0.1, -0.05) is 6.07 Å². The Morgan fingerprint density at radius 2 is 2.21 bits per heavy atom. The Balaban J connectivity index is 1.22. The summed E-state index contributed by atoms with van der Waals surface area (Å²) in [7, 11) is 0. The van der Waals surface area contributed by atoms with E-state index in [9.17, 15) is 4.79 Å². The molecule has 0 unspecified atom stereocenters. The van der Waals surface area contributed by atoms with E-state index < -0.39 is 0 Å². The molecule has 1 fully saturated rings. The quantitative estimate of drug-likeness (QED) is 0.415. The first-order valence-electron chi connectivity index (χ1n) is 9.76. The zero-order chi connectivity index (χ0) is 19.6. The van der Waals surface area contributed by atoms with Crippen molar-refractivity contribution in [1.29, 1.82) is 0 Å². The van der Waals surface area contributed by atoms with E-state index in [-0.39, 0.29) is 18.5 Å². The highest BCUT2D eigenvalue weighted by Gasteiger charge is 2.23. The molecule has 4 N–H and O–H groups in total. The lowest BCUT2D eigenvalue weighted by atomic mass is 10.1. The summed E-state index contributed by atoms with van der Waals surface area (Å²) in [5.74, 6) is 0.895. The highest BCUT2D eigenvalue weighted by Crippen LogP contribution is 2.25.